The van der Waals surface area contributed by atoms with E-state index in [1.165, 1.54) is 6.34 Å². The van der Waals surface area contributed by atoms with Gasteiger partial charge in [-0.1, -0.05) is 17.7 Å². The number of nitrogens with two attached hydrogens (primary N) is 1. The lowest BCUT2D eigenvalue weighted by Crippen LogP contribution is -2.46. The number of fused-ring (bicyclic) bond motifs is 1. The van der Waals surface area contributed by atoms with E-state index < -0.39 is 5.60 Å². The molecular weight excluding hydrogens is 480 g/mol. The van der Waals surface area contributed by atoms with E-state index in [1.807, 2.05) is 30.3 Å². The molecule has 0 aliphatic carbocycles. The number of hydrogen-bond donors (Lipinski definition) is 3. The standard InChI is InChI=1S/C25H27ClN8O2/c1-36-22-5-3-18(11-21(22)26)13-31-23-20-10-17(12-27)2-4-19(20)24(33-32-23)34-8-6-25(35,7-9-34)14-29-16-30-15-28/h2-5,10-11,15-16,35H,6-9,13-14H2,1H3,(H,31,32)(H2,28,29,30). The molecule has 0 atom stereocenters. The summed E-state index contributed by atoms with van der Waals surface area (Å²) in [7, 11) is 1.57. The molecule has 1 aliphatic heterocycles. The molecule has 10 nitrogen and oxygen atoms in total. The smallest absolute Gasteiger partial charge is 0.159 e. The van der Waals surface area contributed by atoms with Gasteiger partial charge in [-0.05, 0) is 48.7 Å². The third-order valence-electron chi connectivity index (χ3n) is 6.18. The van der Waals surface area contributed by atoms with Gasteiger partial charge in [-0.2, -0.15) is 5.26 Å². The second kappa shape index (κ2) is 11.2. The van der Waals surface area contributed by atoms with Crippen molar-refractivity contribution in [2.45, 2.75) is 25.0 Å². The molecule has 36 heavy (non-hydrogen) atoms. The zero-order valence-electron chi connectivity index (χ0n) is 19.9. The molecule has 4 N–H and O–H groups in total. The Labute approximate surface area is 214 Å². The molecule has 3 aromatic rings. The second-order valence-electron chi connectivity index (χ2n) is 8.53. The van der Waals surface area contributed by atoms with Gasteiger partial charge in [-0.3, -0.25) is 4.99 Å². The van der Waals surface area contributed by atoms with E-state index in [2.05, 4.69) is 36.5 Å². The van der Waals surface area contributed by atoms with Gasteiger partial charge in [0.2, 0.25) is 0 Å². The number of halogens is 1. The average molecular weight is 507 g/mol. The molecule has 4 rings (SSSR count). The number of anilines is 2. The van der Waals surface area contributed by atoms with Gasteiger partial charge in [0.05, 0.1) is 42.2 Å². The van der Waals surface area contributed by atoms with Gasteiger partial charge < -0.3 is 25.8 Å². The number of ether oxygens (including phenoxy) is 1. The summed E-state index contributed by atoms with van der Waals surface area (Å²) in [6.45, 7) is 1.91. The normalized spacial score (nSPS) is 15.4. The Kier molecular flexibility index (Phi) is 7.83. The third kappa shape index (κ3) is 5.64. The Morgan fingerprint density at radius 2 is 2.06 bits per heavy atom. The zero-order chi connectivity index (χ0) is 25.5. The Morgan fingerprint density at radius 1 is 1.25 bits per heavy atom. The highest BCUT2D eigenvalue weighted by atomic mass is 35.5. The van der Waals surface area contributed by atoms with Gasteiger partial charge in [-0.25, -0.2) is 4.99 Å². The van der Waals surface area contributed by atoms with Crippen LogP contribution in [-0.4, -0.2) is 60.3 Å². The number of piperidine rings is 1. The molecular formula is C25H27ClN8O2. The summed E-state index contributed by atoms with van der Waals surface area (Å²) in [4.78, 5) is 9.98. The van der Waals surface area contributed by atoms with E-state index in [0.29, 0.717) is 60.4 Å². The van der Waals surface area contributed by atoms with Crippen LogP contribution in [0.3, 0.4) is 0 Å². The highest BCUT2D eigenvalue weighted by Gasteiger charge is 2.33. The molecule has 1 saturated heterocycles. The minimum atomic E-state index is -0.907. The van der Waals surface area contributed by atoms with Crippen molar-refractivity contribution >= 4 is 46.7 Å². The lowest BCUT2D eigenvalue weighted by atomic mass is 9.91. The largest absolute Gasteiger partial charge is 0.495 e. The van der Waals surface area contributed by atoms with Crippen LogP contribution in [0.25, 0.3) is 10.8 Å². The number of benzene rings is 2. The van der Waals surface area contributed by atoms with Crippen molar-refractivity contribution < 1.29 is 9.84 Å². The fourth-order valence-corrected chi connectivity index (χ4v) is 4.45. The quantitative estimate of drug-likeness (QED) is 0.312. The topological polar surface area (TPSA) is 145 Å². The first kappa shape index (κ1) is 25.2. The van der Waals surface area contributed by atoms with Crippen LogP contribution in [0, 0.1) is 11.3 Å². The fraction of sp³-hybridized carbons (Fsp3) is 0.320. The van der Waals surface area contributed by atoms with Crippen LogP contribution in [0.5, 0.6) is 5.75 Å². The number of aromatic nitrogens is 2. The highest BCUT2D eigenvalue weighted by molar-refractivity contribution is 6.32. The number of hydrogen-bond acceptors (Lipinski definition) is 8. The van der Waals surface area contributed by atoms with E-state index in [-0.39, 0.29) is 6.54 Å². The molecule has 0 spiro atoms. The summed E-state index contributed by atoms with van der Waals surface area (Å²) in [5, 5.41) is 34.8. The maximum atomic E-state index is 10.9. The number of aliphatic imine (C=N–C) groups is 2. The zero-order valence-corrected chi connectivity index (χ0v) is 20.6. The summed E-state index contributed by atoms with van der Waals surface area (Å²) >= 11 is 6.26. The number of methoxy groups -OCH3 is 1. The lowest BCUT2D eigenvalue weighted by molar-refractivity contribution is 0.0255. The van der Waals surface area contributed by atoms with Crippen LogP contribution in [-0.2, 0) is 6.54 Å². The number of nitrogens with one attached hydrogen (secondary N) is 1. The summed E-state index contributed by atoms with van der Waals surface area (Å²) in [5.41, 5.74) is 5.78. The third-order valence-corrected chi connectivity index (χ3v) is 6.47. The molecule has 1 aliphatic rings. The van der Waals surface area contributed by atoms with Crippen molar-refractivity contribution in [2.75, 3.05) is 37.0 Å². The molecule has 1 aromatic heterocycles. The number of nitrogens with zero attached hydrogens (tertiary/aromatic N) is 6. The SMILES string of the molecule is COc1ccc(CNc2nnc(N3CCC(O)(CN=CN=CN)CC3)c3ccc(C#N)cc23)cc1Cl. The number of rotatable bonds is 8. The predicted molar refractivity (Wildman–Crippen MR) is 142 cm³/mol. The molecule has 0 unspecified atom stereocenters. The van der Waals surface area contributed by atoms with Gasteiger partial charge in [0, 0.05) is 30.4 Å². The predicted octanol–water partition coefficient (Wildman–Crippen LogP) is 3.12. The van der Waals surface area contributed by atoms with Crippen LogP contribution < -0.4 is 20.7 Å². The Balaban J connectivity index is 1.55. The molecule has 0 amide bonds. The molecule has 0 bridgehead atoms. The van der Waals surface area contributed by atoms with Crippen molar-refractivity contribution in [2.24, 2.45) is 15.7 Å². The Bertz CT molecular complexity index is 1330. The number of aliphatic hydroxyl groups is 1. The number of nitriles is 1. The van der Waals surface area contributed by atoms with Crippen LogP contribution in [0.4, 0.5) is 11.6 Å². The van der Waals surface area contributed by atoms with Crippen LogP contribution >= 0.6 is 11.6 Å². The Hall–Kier alpha value is -3.94. The summed E-state index contributed by atoms with van der Waals surface area (Å²) in [5.74, 6) is 1.89. The minimum absolute atomic E-state index is 0.258. The monoisotopic (exact) mass is 506 g/mol. The van der Waals surface area contributed by atoms with E-state index in [9.17, 15) is 10.4 Å². The minimum Gasteiger partial charge on any atom is -0.495 e. The van der Waals surface area contributed by atoms with Gasteiger partial charge in [0.1, 0.15) is 12.1 Å². The molecule has 11 heteroatoms. The van der Waals surface area contributed by atoms with Crippen LogP contribution in [0.2, 0.25) is 5.02 Å². The van der Waals surface area contributed by atoms with Gasteiger partial charge in [0.25, 0.3) is 0 Å². The van der Waals surface area contributed by atoms with Crippen molar-refractivity contribution in [3.63, 3.8) is 0 Å². The van der Waals surface area contributed by atoms with Gasteiger partial charge in [0.15, 0.2) is 11.6 Å². The molecule has 2 aromatic carbocycles. The first-order valence-corrected chi connectivity index (χ1v) is 11.8. The van der Waals surface area contributed by atoms with Crippen molar-refractivity contribution in [3.8, 4) is 11.8 Å². The molecule has 0 saturated carbocycles. The van der Waals surface area contributed by atoms with Crippen molar-refractivity contribution in [3.05, 3.63) is 52.5 Å². The highest BCUT2D eigenvalue weighted by Crippen LogP contribution is 2.33. The lowest BCUT2D eigenvalue weighted by Gasteiger charge is -2.38. The first-order valence-electron chi connectivity index (χ1n) is 11.4. The van der Waals surface area contributed by atoms with Crippen LogP contribution in [0.15, 0.2) is 46.4 Å². The van der Waals surface area contributed by atoms with Crippen molar-refractivity contribution in [1.29, 1.82) is 5.26 Å². The molecule has 186 valence electrons. The van der Waals surface area contributed by atoms with E-state index in [0.717, 1.165) is 22.7 Å². The first-order chi connectivity index (χ1) is 17.5. The Morgan fingerprint density at radius 3 is 2.75 bits per heavy atom. The summed E-state index contributed by atoms with van der Waals surface area (Å²) < 4.78 is 5.22. The van der Waals surface area contributed by atoms with E-state index >= 15 is 0 Å². The molecule has 2 heterocycles. The summed E-state index contributed by atoms with van der Waals surface area (Å²) in [6, 6.07) is 13.2. The maximum absolute atomic E-state index is 10.9. The van der Waals surface area contributed by atoms with Crippen LogP contribution in [0.1, 0.15) is 24.0 Å². The second-order valence-corrected chi connectivity index (χ2v) is 8.94. The maximum Gasteiger partial charge on any atom is 0.159 e. The van der Waals surface area contributed by atoms with E-state index in [1.54, 1.807) is 13.2 Å². The molecule has 1 fully saturated rings. The van der Waals surface area contributed by atoms with Gasteiger partial charge >= 0.3 is 0 Å². The summed E-state index contributed by atoms with van der Waals surface area (Å²) in [6.07, 6.45) is 3.55. The molecule has 0 radical (unpaired) electrons. The van der Waals surface area contributed by atoms with Crippen molar-refractivity contribution in [1.82, 2.24) is 10.2 Å². The fourth-order valence-electron chi connectivity index (χ4n) is 4.17. The van der Waals surface area contributed by atoms with Gasteiger partial charge in [-0.15, -0.1) is 10.2 Å². The van der Waals surface area contributed by atoms with E-state index in [4.69, 9.17) is 22.1 Å². The average Bonchev–Trinajstić information content (AvgIpc) is 2.90.